The molecule has 0 saturated heterocycles. The topological polar surface area (TPSA) is 99.5 Å². The Bertz CT molecular complexity index is 817. The van der Waals surface area contributed by atoms with Crippen LogP contribution in [0.3, 0.4) is 0 Å². The van der Waals surface area contributed by atoms with Crippen molar-refractivity contribution in [2.45, 2.75) is 32.7 Å². The molecule has 0 aliphatic carbocycles. The molecule has 0 aliphatic heterocycles. The summed E-state index contributed by atoms with van der Waals surface area (Å²) in [4.78, 5) is 35.8. The van der Waals surface area contributed by atoms with Crippen LogP contribution in [0.2, 0.25) is 0 Å². The molecule has 8 nitrogen and oxygen atoms in total. The van der Waals surface area contributed by atoms with E-state index < -0.39 is 30.3 Å². The molecule has 0 aliphatic rings. The first-order chi connectivity index (χ1) is 13.4. The lowest BCUT2D eigenvalue weighted by atomic mass is 10.1. The van der Waals surface area contributed by atoms with E-state index in [2.05, 4.69) is 10.4 Å². The normalized spacial score (nSPS) is 11.5. The molecular formula is C20H25N3O5. The first-order valence-electron chi connectivity index (χ1n) is 9.14. The number of hydrogen-bond acceptors (Lipinski definition) is 6. The van der Waals surface area contributed by atoms with Gasteiger partial charge in [0.15, 0.2) is 0 Å². The van der Waals surface area contributed by atoms with Crippen LogP contribution in [0.15, 0.2) is 36.4 Å². The fourth-order valence-electron chi connectivity index (χ4n) is 2.74. The van der Waals surface area contributed by atoms with Crippen molar-refractivity contribution in [3.05, 3.63) is 42.1 Å². The molecule has 2 aromatic rings. The molecule has 1 aromatic carbocycles. The number of aromatic nitrogens is 2. The number of aryl methyl sites for hydroxylation is 1. The van der Waals surface area contributed by atoms with Gasteiger partial charge in [-0.25, -0.2) is 0 Å². The Balaban J connectivity index is 2.22. The van der Waals surface area contributed by atoms with E-state index in [0.717, 1.165) is 11.3 Å². The Kier molecular flexibility index (Phi) is 7.74. The number of ether oxygens (including phenoxy) is 2. The number of amides is 1. The number of carbonyl (C=O) groups is 3. The largest absolute Gasteiger partial charge is 0.466 e. The molecule has 1 N–H and O–H groups in total. The second-order valence-corrected chi connectivity index (χ2v) is 6.06. The van der Waals surface area contributed by atoms with Crippen molar-refractivity contribution in [3.63, 3.8) is 0 Å². The number of benzene rings is 1. The van der Waals surface area contributed by atoms with Crippen molar-refractivity contribution >= 4 is 17.8 Å². The van der Waals surface area contributed by atoms with Gasteiger partial charge in [-0.1, -0.05) is 30.3 Å². The number of rotatable bonds is 9. The molecule has 1 amide bonds. The van der Waals surface area contributed by atoms with Crippen LogP contribution in [0.5, 0.6) is 0 Å². The lowest BCUT2D eigenvalue weighted by molar-refractivity contribution is -0.146. The van der Waals surface area contributed by atoms with Crippen LogP contribution in [0.1, 0.15) is 38.4 Å². The van der Waals surface area contributed by atoms with Crippen LogP contribution in [0.25, 0.3) is 11.3 Å². The smallest absolute Gasteiger partial charge is 0.315 e. The van der Waals surface area contributed by atoms with Gasteiger partial charge < -0.3 is 14.8 Å². The molecule has 1 aromatic heterocycles. The summed E-state index contributed by atoms with van der Waals surface area (Å²) in [6.07, 6.45) is -0.515. The van der Waals surface area contributed by atoms with Gasteiger partial charge in [0.25, 0.3) is 0 Å². The molecule has 8 heteroatoms. The van der Waals surface area contributed by atoms with Crippen LogP contribution in [0, 0.1) is 0 Å². The van der Waals surface area contributed by atoms with E-state index in [4.69, 9.17) is 9.47 Å². The van der Waals surface area contributed by atoms with Gasteiger partial charge in [-0.2, -0.15) is 5.10 Å². The van der Waals surface area contributed by atoms with Crippen molar-refractivity contribution < 1.29 is 23.9 Å². The highest BCUT2D eigenvalue weighted by Gasteiger charge is 2.24. The van der Waals surface area contributed by atoms with Gasteiger partial charge in [-0.05, 0) is 25.5 Å². The third-order valence-electron chi connectivity index (χ3n) is 3.95. The van der Waals surface area contributed by atoms with Crippen molar-refractivity contribution in [2.75, 3.05) is 13.2 Å². The second kappa shape index (κ2) is 10.2. The van der Waals surface area contributed by atoms with Gasteiger partial charge in [0.2, 0.25) is 5.91 Å². The molecule has 1 unspecified atom stereocenters. The minimum atomic E-state index is -0.718. The maximum Gasteiger partial charge on any atom is 0.315 e. The van der Waals surface area contributed by atoms with Crippen molar-refractivity contribution in [1.29, 1.82) is 0 Å². The highest BCUT2D eigenvalue weighted by molar-refractivity contribution is 5.94. The molecule has 0 saturated carbocycles. The lowest BCUT2D eigenvalue weighted by Gasteiger charge is -2.16. The lowest BCUT2D eigenvalue weighted by Crippen LogP contribution is -2.32. The quantitative estimate of drug-likeness (QED) is 0.523. The zero-order valence-electron chi connectivity index (χ0n) is 16.3. The van der Waals surface area contributed by atoms with Crippen LogP contribution in [-0.4, -0.2) is 40.8 Å². The predicted molar refractivity (Wildman–Crippen MR) is 102 cm³/mol. The third kappa shape index (κ3) is 5.94. The summed E-state index contributed by atoms with van der Waals surface area (Å²) in [6, 6.07) is 10.7. The van der Waals surface area contributed by atoms with Crippen LogP contribution < -0.4 is 5.32 Å². The number of hydrogen-bond donors (Lipinski definition) is 1. The number of carbonyl (C=O) groups excluding carboxylic acids is 3. The summed E-state index contributed by atoms with van der Waals surface area (Å²) < 4.78 is 11.5. The van der Waals surface area contributed by atoms with E-state index in [1.165, 1.54) is 0 Å². The van der Waals surface area contributed by atoms with Gasteiger partial charge in [0.05, 0.1) is 37.1 Å². The average molecular weight is 387 g/mol. The molecule has 0 spiro atoms. The second-order valence-electron chi connectivity index (χ2n) is 6.06. The number of esters is 2. The van der Waals surface area contributed by atoms with Gasteiger partial charge in [0.1, 0.15) is 6.42 Å². The van der Waals surface area contributed by atoms with Gasteiger partial charge in [-0.3, -0.25) is 19.1 Å². The molecule has 1 heterocycles. The van der Waals surface area contributed by atoms with E-state index in [0.29, 0.717) is 5.69 Å². The Morgan fingerprint density at radius 1 is 1.07 bits per heavy atom. The van der Waals surface area contributed by atoms with E-state index in [-0.39, 0.29) is 19.6 Å². The Morgan fingerprint density at radius 2 is 1.71 bits per heavy atom. The summed E-state index contributed by atoms with van der Waals surface area (Å²) in [7, 11) is 1.79. The number of nitrogens with one attached hydrogen (secondary N) is 1. The maximum atomic E-state index is 12.2. The van der Waals surface area contributed by atoms with E-state index in [1.54, 1.807) is 25.6 Å². The van der Waals surface area contributed by atoms with E-state index in [1.807, 2.05) is 36.4 Å². The minimum absolute atomic E-state index is 0.0896. The van der Waals surface area contributed by atoms with E-state index >= 15 is 0 Å². The van der Waals surface area contributed by atoms with Gasteiger partial charge in [-0.15, -0.1) is 0 Å². The molecule has 0 fully saturated rings. The van der Waals surface area contributed by atoms with Crippen molar-refractivity contribution in [2.24, 2.45) is 7.05 Å². The Hall–Kier alpha value is -3.16. The predicted octanol–water partition coefficient (Wildman–Crippen LogP) is 2.15. The monoisotopic (exact) mass is 387 g/mol. The standard InChI is InChI=1S/C20H25N3O5/c1-4-27-19(25)12-15(21-18(24)13-20(26)28-5-2)16-11-17(23(3)22-16)14-9-7-6-8-10-14/h6-11,15H,4-5,12-13H2,1-3H3,(H,21,24). The third-order valence-corrected chi connectivity index (χ3v) is 3.95. The summed E-state index contributed by atoms with van der Waals surface area (Å²) >= 11 is 0. The molecule has 0 bridgehead atoms. The maximum absolute atomic E-state index is 12.2. The van der Waals surface area contributed by atoms with E-state index in [9.17, 15) is 14.4 Å². The number of nitrogens with zero attached hydrogens (tertiary/aromatic N) is 2. The molecule has 28 heavy (non-hydrogen) atoms. The first-order valence-corrected chi connectivity index (χ1v) is 9.14. The van der Waals surface area contributed by atoms with Crippen molar-refractivity contribution in [1.82, 2.24) is 15.1 Å². The summed E-state index contributed by atoms with van der Waals surface area (Å²) in [5.74, 6) is -1.63. The van der Waals surface area contributed by atoms with Crippen LogP contribution in [0.4, 0.5) is 0 Å². The zero-order chi connectivity index (χ0) is 20.5. The fraction of sp³-hybridized carbons (Fsp3) is 0.400. The molecule has 0 radical (unpaired) electrons. The molecule has 150 valence electrons. The van der Waals surface area contributed by atoms with Crippen LogP contribution in [-0.2, 0) is 30.9 Å². The molecular weight excluding hydrogens is 362 g/mol. The van der Waals surface area contributed by atoms with Crippen LogP contribution >= 0.6 is 0 Å². The fourth-order valence-corrected chi connectivity index (χ4v) is 2.74. The first kappa shape index (κ1) is 21.1. The minimum Gasteiger partial charge on any atom is -0.466 e. The zero-order valence-corrected chi connectivity index (χ0v) is 16.3. The summed E-state index contributed by atoms with van der Waals surface area (Å²) in [5.41, 5.74) is 2.30. The summed E-state index contributed by atoms with van der Waals surface area (Å²) in [5, 5.41) is 7.13. The van der Waals surface area contributed by atoms with Gasteiger partial charge in [0, 0.05) is 7.05 Å². The SMILES string of the molecule is CCOC(=O)CC(=O)NC(CC(=O)OCC)c1cc(-c2ccccc2)n(C)n1. The van der Waals surface area contributed by atoms with Gasteiger partial charge >= 0.3 is 11.9 Å². The highest BCUT2D eigenvalue weighted by Crippen LogP contribution is 2.24. The Labute approximate surface area is 163 Å². The average Bonchev–Trinajstić information content (AvgIpc) is 3.04. The highest BCUT2D eigenvalue weighted by atomic mass is 16.5. The Morgan fingerprint density at radius 3 is 2.36 bits per heavy atom. The summed E-state index contributed by atoms with van der Waals surface area (Å²) in [6.45, 7) is 3.80. The molecule has 1 atom stereocenters. The van der Waals surface area contributed by atoms with Crippen molar-refractivity contribution in [3.8, 4) is 11.3 Å². The molecule has 2 rings (SSSR count).